The molecule has 0 bridgehead atoms. The molecule has 4 nitrogen and oxygen atoms in total. The molecule has 0 radical (unpaired) electrons. The highest BCUT2D eigenvalue weighted by atomic mass is 16.3. The van der Waals surface area contributed by atoms with Crippen LogP contribution in [0.1, 0.15) is 12.7 Å². The molecule has 0 fully saturated rings. The molecule has 0 saturated carbocycles. The van der Waals surface area contributed by atoms with Crippen LogP contribution in [0.25, 0.3) is 0 Å². The van der Waals surface area contributed by atoms with Gasteiger partial charge in [-0.15, -0.1) is 0 Å². The van der Waals surface area contributed by atoms with Crippen molar-refractivity contribution in [2.24, 2.45) is 5.41 Å². The number of aliphatic hydroxyl groups is 2. The van der Waals surface area contributed by atoms with Gasteiger partial charge in [0.15, 0.2) is 0 Å². The molecule has 4 heteroatoms. The summed E-state index contributed by atoms with van der Waals surface area (Å²) in [6.07, 6.45) is 1.62. The summed E-state index contributed by atoms with van der Waals surface area (Å²) in [5, 5.41) is 21.2. The highest BCUT2D eigenvalue weighted by Gasteiger charge is 2.21. The minimum absolute atomic E-state index is 0.0331. The molecule has 0 unspecified atom stereocenters. The van der Waals surface area contributed by atoms with Crippen molar-refractivity contribution in [2.75, 3.05) is 19.8 Å². The molecular formula is C10H17NO3. The van der Waals surface area contributed by atoms with Gasteiger partial charge in [-0.3, -0.25) is 0 Å². The molecule has 0 aromatic carbocycles. The van der Waals surface area contributed by atoms with E-state index in [9.17, 15) is 0 Å². The number of hydrogen-bond acceptors (Lipinski definition) is 4. The van der Waals surface area contributed by atoms with Gasteiger partial charge in [0.2, 0.25) is 0 Å². The number of furan rings is 1. The Morgan fingerprint density at radius 3 is 2.64 bits per heavy atom. The SMILES string of the molecule is CC(CO)(CO)CNCc1ccco1. The first-order chi connectivity index (χ1) is 6.70. The molecule has 80 valence electrons. The fraction of sp³-hybridized carbons (Fsp3) is 0.600. The van der Waals surface area contributed by atoms with Crippen molar-refractivity contribution < 1.29 is 14.6 Å². The van der Waals surface area contributed by atoms with E-state index >= 15 is 0 Å². The molecule has 0 aliphatic carbocycles. The van der Waals surface area contributed by atoms with Crippen LogP contribution in [-0.2, 0) is 6.54 Å². The molecule has 0 amide bonds. The molecule has 14 heavy (non-hydrogen) atoms. The van der Waals surface area contributed by atoms with Crippen LogP contribution in [0.15, 0.2) is 22.8 Å². The van der Waals surface area contributed by atoms with E-state index in [2.05, 4.69) is 5.32 Å². The van der Waals surface area contributed by atoms with E-state index in [1.165, 1.54) is 0 Å². The van der Waals surface area contributed by atoms with E-state index in [-0.39, 0.29) is 13.2 Å². The van der Waals surface area contributed by atoms with Gasteiger partial charge < -0.3 is 19.9 Å². The molecular weight excluding hydrogens is 182 g/mol. The number of nitrogens with one attached hydrogen (secondary N) is 1. The van der Waals surface area contributed by atoms with Crippen LogP contribution < -0.4 is 5.32 Å². The Labute approximate surface area is 83.6 Å². The molecule has 0 atom stereocenters. The molecule has 1 aromatic heterocycles. The second-order valence-corrected chi connectivity index (χ2v) is 3.81. The van der Waals surface area contributed by atoms with Gasteiger partial charge in [0.05, 0.1) is 26.0 Å². The van der Waals surface area contributed by atoms with E-state index in [0.29, 0.717) is 13.1 Å². The third-order valence-electron chi connectivity index (χ3n) is 2.19. The van der Waals surface area contributed by atoms with Crippen molar-refractivity contribution in [3.05, 3.63) is 24.2 Å². The Bertz CT molecular complexity index is 242. The first-order valence-corrected chi connectivity index (χ1v) is 4.65. The minimum Gasteiger partial charge on any atom is -0.468 e. The van der Waals surface area contributed by atoms with Gasteiger partial charge in [-0.2, -0.15) is 0 Å². The highest BCUT2D eigenvalue weighted by molar-refractivity contribution is 4.97. The molecule has 1 rings (SSSR count). The van der Waals surface area contributed by atoms with Crippen LogP contribution in [0.5, 0.6) is 0 Å². The predicted octanol–water partition coefficient (Wildman–Crippen LogP) is 0.360. The molecule has 0 aliphatic heterocycles. The maximum Gasteiger partial charge on any atom is 0.117 e. The summed E-state index contributed by atoms with van der Waals surface area (Å²) >= 11 is 0. The molecule has 0 aliphatic rings. The maximum absolute atomic E-state index is 9.02. The van der Waals surface area contributed by atoms with Gasteiger partial charge in [-0.25, -0.2) is 0 Å². The lowest BCUT2D eigenvalue weighted by molar-refractivity contribution is 0.0691. The maximum atomic E-state index is 9.02. The van der Waals surface area contributed by atoms with E-state index in [0.717, 1.165) is 5.76 Å². The topological polar surface area (TPSA) is 65.6 Å². The summed E-state index contributed by atoms with van der Waals surface area (Å²) in [4.78, 5) is 0. The van der Waals surface area contributed by atoms with Gasteiger partial charge in [-0.05, 0) is 12.1 Å². The standard InChI is InChI=1S/C10H17NO3/c1-10(7-12,8-13)6-11-5-9-3-2-4-14-9/h2-4,11-13H,5-8H2,1H3. The van der Waals surface area contributed by atoms with Gasteiger partial charge in [0.1, 0.15) is 5.76 Å². The third-order valence-corrected chi connectivity index (χ3v) is 2.19. The highest BCUT2D eigenvalue weighted by Crippen LogP contribution is 2.12. The molecule has 0 saturated heterocycles. The first kappa shape index (κ1) is 11.2. The summed E-state index contributed by atoms with van der Waals surface area (Å²) in [6.45, 7) is 2.93. The Kier molecular flexibility index (Phi) is 4.13. The van der Waals surface area contributed by atoms with Crippen molar-refractivity contribution in [3.63, 3.8) is 0 Å². The van der Waals surface area contributed by atoms with E-state index in [4.69, 9.17) is 14.6 Å². The van der Waals surface area contributed by atoms with Crippen LogP contribution in [0.3, 0.4) is 0 Å². The van der Waals surface area contributed by atoms with E-state index in [1.807, 2.05) is 19.1 Å². The Hall–Kier alpha value is -0.840. The van der Waals surface area contributed by atoms with Crippen LogP contribution in [0, 0.1) is 5.41 Å². The Morgan fingerprint density at radius 2 is 2.14 bits per heavy atom. The Morgan fingerprint density at radius 1 is 1.43 bits per heavy atom. The van der Waals surface area contributed by atoms with E-state index < -0.39 is 5.41 Å². The number of hydrogen-bond donors (Lipinski definition) is 3. The van der Waals surface area contributed by atoms with Crippen LogP contribution >= 0.6 is 0 Å². The second-order valence-electron chi connectivity index (χ2n) is 3.81. The molecule has 3 N–H and O–H groups in total. The summed E-state index contributed by atoms with van der Waals surface area (Å²) in [7, 11) is 0. The fourth-order valence-electron chi connectivity index (χ4n) is 1.06. The predicted molar refractivity (Wildman–Crippen MR) is 52.7 cm³/mol. The van der Waals surface area contributed by atoms with Crippen molar-refractivity contribution in [3.8, 4) is 0 Å². The average Bonchev–Trinajstić information content (AvgIpc) is 2.70. The minimum atomic E-state index is -0.466. The van der Waals surface area contributed by atoms with E-state index in [1.54, 1.807) is 6.26 Å². The van der Waals surface area contributed by atoms with Crippen LogP contribution in [-0.4, -0.2) is 30.0 Å². The summed E-state index contributed by atoms with van der Waals surface area (Å²) < 4.78 is 5.13. The van der Waals surface area contributed by atoms with Crippen molar-refractivity contribution in [1.29, 1.82) is 0 Å². The summed E-state index contributed by atoms with van der Waals surface area (Å²) in [5.41, 5.74) is -0.466. The second kappa shape index (κ2) is 5.14. The number of aliphatic hydroxyl groups excluding tert-OH is 2. The van der Waals surface area contributed by atoms with Crippen molar-refractivity contribution >= 4 is 0 Å². The quantitative estimate of drug-likeness (QED) is 0.619. The largest absolute Gasteiger partial charge is 0.468 e. The lowest BCUT2D eigenvalue weighted by Gasteiger charge is -2.24. The smallest absolute Gasteiger partial charge is 0.117 e. The van der Waals surface area contributed by atoms with Gasteiger partial charge in [0.25, 0.3) is 0 Å². The monoisotopic (exact) mass is 199 g/mol. The van der Waals surface area contributed by atoms with Crippen LogP contribution in [0.2, 0.25) is 0 Å². The van der Waals surface area contributed by atoms with Gasteiger partial charge >= 0.3 is 0 Å². The normalized spacial score (nSPS) is 11.9. The average molecular weight is 199 g/mol. The van der Waals surface area contributed by atoms with Gasteiger partial charge in [0, 0.05) is 12.0 Å². The lowest BCUT2D eigenvalue weighted by atomic mass is 9.93. The first-order valence-electron chi connectivity index (χ1n) is 4.65. The van der Waals surface area contributed by atoms with Crippen molar-refractivity contribution in [2.45, 2.75) is 13.5 Å². The van der Waals surface area contributed by atoms with Crippen LogP contribution in [0.4, 0.5) is 0 Å². The number of rotatable bonds is 6. The molecule has 1 heterocycles. The summed E-state index contributed by atoms with van der Waals surface area (Å²) in [5.74, 6) is 0.850. The fourth-order valence-corrected chi connectivity index (χ4v) is 1.06. The third kappa shape index (κ3) is 3.14. The molecule has 1 aromatic rings. The lowest BCUT2D eigenvalue weighted by Crippen LogP contribution is -2.37. The summed E-state index contributed by atoms with van der Waals surface area (Å²) in [6, 6.07) is 3.70. The zero-order valence-corrected chi connectivity index (χ0v) is 8.36. The zero-order valence-electron chi connectivity index (χ0n) is 8.36. The molecule has 0 spiro atoms. The van der Waals surface area contributed by atoms with Crippen molar-refractivity contribution in [1.82, 2.24) is 5.32 Å². The Balaban J connectivity index is 2.27. The van der Waals surface area contributed by atoms with Gasteiger partial charge in [-0.1, -0.05) is 6.92 Å². The zero-order chi connectivity index (χ0) is 10.4.